The fourth-order valence-corrected chi connectivity index (χ4v) is 6.69. The maximum atomic E-state index is 12.0. The second kappa shape index (κ2) is 11.9. The van der Waals surface area contributed by atoms with Gasteiger partial charge in [-0.3, -0.25) is 9.78 Å². The number of para-hydroxylation sites is 1. The van der Waals surface area contributed by atoms with Crippen LogP contribution in [0.5, 0.6) is 5.75 Å². The van der Waals surface area contributed by atoms with Gasteiger partial charge < -0.3 is 19.6 Å². The summed E-state index contributed by atoms with van der Waals surface area (Å²) in [5.41, 5.74) is 10.4. The maximum Gasteiger partial charge on any atom is 0.307 e. The number of methoxy groups -OCH3 is 1. The summed E-state index contributed by atoms with van der Waals surface area (Å²) in [5.74, 6) is 0.851. The molecular weight excluding hydrogens is 550 g/mol. The maximum absolute atomic E-state index is 12.0. The van der Waals surface area contributed by atoms with E-state index in [0.717, 1.165) is 102 Å². The van der Waals surface area contributed by atoms with Crippen molar-refractivity contribution in [2.75, 3.05) is 36.5 Å². The van der Waals surface area contributed by atoms with Crippen LogP contribution >= 0.6 is 0 Å². The summed E-state index contributed by atoms with van der Waals surface area (Å²) in [7, 11) is 1.67. The number of pyridine rings is 1. The van der Waals surface area contributed by atoms with Crippen LogP contribution in [0.3, 0.4) is 0 Å². The average molecular weight is 592 g/mol. The van der Waals surface area contributed by atoms with Gasteiger partial charge in [0, 0.05) is 60.3 Å². The van der Waals surface area contributed by atoms with Crippen molar-refractivity contribution >= 4 is 17.5 Å². The number of carbonyl (C=O) groups is 1. The number of nitrogens with zero attached hydrogens (tertiary/aromatic N) is 5. The van der Waals surface area contributed by atoms with Gasteiger partial charge >= 0.3 is 5.97 Å². The molecule has 8 heteroatoms. The smallest absolute Gasteiger partial charge is 0.307 e. The molecule has 0 saturated carbocycles. The van der Waals surface area contributed by atoms with Crippen molar-refractivity contribution in [1.29, 1.82) is 0 Å². The number of fused-ring (bicyclic) bond motifs is 1. The molecule has 2 aliphatic rings. The lowest BCUT2D eigenvalue weighted by Crippen LogP contribution is -2.38. The van der Waals surface area contributed by atoms with E-state index in [1.54, 1.807) is 13.4 Å². The normalized spacial score (nSPS) is 16.0. The number of rotatable bonds is 7. The first-order chi connectivity index (χ1) is 21.1. The first-order valence-electron chi connectivity index (χ1n) is 15.4. The van der Waals surface area contributed by atoms with E-state index in [-0.39, 0.29) is 11.8 Å². The van der Waals surface area contributed by atoms with Gasteiger partial charge in [0.05, 0.1) is 24.9 Å². The minimum atomic E-state index is -0.826. The van der Waals surface area contributed by atoms with E-state index in [1.165, 1.54) is 11.1 Å². The van der Waals surface area contributed by atoms with Crippen molar-refractivity contribution < 1.29 is 14.6 Å². The Balaban J connectivity index is 1.33. The third-order valence-electron chi connectivity index (χ3n) is 9.28. The molecule has 4 aromatic rings. The summed E-state index contributed by atoms with van der Waals surface area (Å²) in [6.07, 6.45) is 4.62. The van der Waals surface area contributed by atoms with Gasteiger partial charge in [0.15, 0.2) is 0 Å². The lowest BCUT2D eigenvalue weighted by atomic mass is 9.82. The number of hydrogen-bond donors (Lipinski definition) is 1. The molecule has 0 amide bonds. The second-order valence-electron chi connectivity index (χ2n) is 12.8. The van der Waals surface area contributed by atoms with Gasteiger partial charge in [-0.05, 0) is 67.3 Å². The van der Waals surface area contributed by atoms with E-state index in [9.17, 15) is 9.90 Å². The molecule has 2 aromatic carbocycles. The molecule has 0 aliphatic carbocycles. The van der Waals surface area contributed by atoms with Gasteiger partial charge in [-0.25, -0.2) is 9.97 Å². The topological polar surface area (TPSA) is 91.7 Å². The van der Waals surface area contributed by atoms with Crippen LogP contribution in [0, 0.1) is 19.3 Å². The average Bonchev–Trinajstić information content (AvgIpc) is 3.01. The number of hydrogen-bond acceptors (Lipinski definition) is 7. The summed E-state index contributed by atoms with van der Waals surface area (Å²) in [6, 6.07) is 16.6. The summed E-state index contributed by atoms with van der Waals surface area (Å²) >= 11 is 0. The Hall–Kier alpha value is -4.46. The van der Waals surface area contributed by atoms with Crippen LogP contribution < -0.4 is 14.5 Å². The second-order valence-corrected chi connectivity index (χ2v) is 12.8. The van der Waals surface area contributed by atoms with E-state index in [2.05, 4.69) is 58.7 Å². The molecule has 0 atom stereocenters. The van der Waals surface area contributed by atoms with Gasteiger partial charge in [0.25, 0.3) is 0 Å². The van der Waals surface area contributed by atoms with Gasteiger partial charge in [0.1, 0.15) is 17.9 Å². The van der Waals surface area contributed by atoms with Crippen LogP contribution in [0.1, 0.15) is 54.8 Å². The van der Waals surface area contributed by atoms with Gasteiger partial charge in [-0.1, -0.05) is 44.2 Å². The minimum absolute atomic E-state index is 0.0307. The highest BCUT2D eigenvalue weighted by Crippen LogP contribution is 2.42. The fourth-order valence-electron chi connectivity index (χ4n) is 6.69. The van der Waals surface area contributed by atoms with E-state index in [0.29, 0.717) is 0 Å². The Morgan fingerprint density at radius 2 is 1.73 bits per heavy atom. The number of benzene rings is 2. The Bertz CT molecular complexity index is 1710. The predicted octanol–water partition coefficient (Wildman–Crippen LogP) is 6.65. The summed E-state index contributed by atoms with van der Waals surface area (Å²) < 4.78 is 5.57. The van der Waals surface area contributed by atoms with Crippen LogP contribution in [0.25, 0.3) is 22.4 Å². The molecule has 2 aliphatic heterocycles. The van der Waals surface area contributed by atoms with Crippen LogP contribution in [0.2, 0.25) is 0 Å². The lowest BCUT2D eigenvalue weighted by Gasteiger charge is -2.40. The first-order valence-corrected chi connectivity index (χ1v) is 15.4. The minimum Gasteiger partial charge on any atom is -0.496 e. The highest BCUT2D eigenvalue weighted by molar-refractivity contribution is 5.87. The zero-order chi connectivity index (χ0) is 31.0. The molecule has 0 bridgehead atoms. The van der Waals surface area contributed by atoms with Crippen LogP contribution in [-0.4, -0.2) is 52.8 Å². The zero-order valence-electron chi connectivity index (χ0n) is 26.4. The van der Waals surface area contributed by atoms with Gasteiger partial charge in [-0.15, -0.1) is 0 Å². The number of aliphatic carboxylic acids is 1. The van der Waals surface area contributed by atoms with Crippen molar-refractivity contribution in [2.24, 2.45) is 5.41 Å². The van der Waals surface area contributed by atoms with Crippen molar-refractivity contribution in [3.8, 4) is 28.1 Å². The molecule has 0 spiro atoms. The highest BCUT2D eigenvalue weighted by atomic mass is 16.5. The molecule has 1 fully saturated rings. The number of anilines is 2. The fraction of sp³-hybridized carbons (Fsp3) is 0.389. The van der Waals surface area contributed by atoms with Crippen molar-refractivity contribution in [3.63, 3.8) is 0 Å². The molecule has 8 nitrogen and oxygen atoms in total. The highest BCUT2D eigenvalue weighted by Gasteiger charge is 2.30. The van der Waals surface area contributed by atoms with E-state index >= 15 is 0 Å². The molecule has 6 rings (SSSR count). The Labute approximate surface area is 259 Å². The quantitative estimate of drug-likeness (QED) is 0.256. The van der Waals surface area contributed by atoms with Crippen LogP contribution in [0.15, 0.2) is 54.9 Å². The number of piperidine rings is 1. The van der Waals surface area contributed by atoms with Gasteiger partial charge in [-0.2, -0.15) is 0 Å². The molecule has 0 unspecified atom stereocenters. The molecule has 1 N–H and O–H groups in total. The van der Waals surface area contributed by atoms with Crippen LogP contribution in [-0.2, 0) is 24.2 Å². The van der Waals surface area contributed by atoms with E-state index in [4.69, 9.17) is 9.72 Å². The number of aromatic nitrogens is 3. The predicted molar refractivity (Wildman–Crippen MR) is 174 cm³/mol. The monoisotopic (exact) mass is 591 g/mol. The number of ether oxygens (including phenoxy) is 1. The number of carboxylic acid groups (broad SMARTS) is 1. The Kier molecular flexibility index (Phi) is 8.01. The third kappa shape index (κ3) is 5.85. The first kappa shape index (κ1) is 29.6. The Morgan fingerprint density at radius 3 is 2.48 bits per heavy atom. The molecule has 2 aromatic heterocycles. The SMILES string of the molecule is COc1ccccc1-c1cc(N2CCc3cc(-c4c(C)nc(C)c(CC(=O)O)c4N4CCC(C)(C)CC4)ccc3C2)ncn1. The number of carboxylic acids is 1. The van der Waals surface area contributed by atoms with Gasteiger partial charge in [0.2, 0.25) is 0 Å². The van der Waals surface area contributed by atoms with Crippen molar-refractivity contribution in [3.05, 3.63) is 82.9 Å². The van der Waals surface area contributed by atoms with E-state index < -0.39 is 5.97 Å². The molecular formula is C36H41N5O3. The molecule has 0 radical (unpaired) electrons. The van der Waals surface area contributed by atoms with Crippen molar-refractivity contribution in [2.45, 2.75) is 59.9 Å². The molecule has 44 heavy (non-hydrogen) atoms. The van der Waals surface area contributed by atoms with Crippen molar-refractivity contribution in [1.82, 2.24) is 15.0 Å². The van der Waals surface area contributed by atoms with E-state index in [1.807, 2.05) is 37.3 Å². The number of aryl methyl sites for hydroxylation is 2. The third-order valence-corrected chi connectivity index (χ3v) is 9.28. The summed E-state index contributed by atoms with van der Waals surface area (Å²) in [6.45, 7) is 12.0. The largest absolute Gasteiger partial charge is 0.496 e. The molecule has 228 valence electrons. The van der Waals surface area contributed by atoms with Crippen LogP contribution in [0.4, 0.5) is 11.5 Å². The Morgan fingerprint density at radius 1 is 0.955 bits per heavy atom. The summed E-state index contributed by atoms with van der Waals surface area (Å²) in [4.78, 5) is 30.7. The zero-order valence-corrected chi connectivity index (χ0v) is 26.4. The molecule has 4 heterocycles. The summed E-state index contributed by atoms with van der Waals surface area (Å²) in [5, 5.41) is 9.85. The standard InChI is InChI=1S/C36H41N5O3/c1-23-29(19-33(42)43)35(40-16-13-36(3,4)14-17-40)34(24(2)39-23)26-10-11-27-21-41(15-12-25(27)18-26)32-20-30(37-22-38-32)28-8-6-7-9-31(28)44-5/h6-11,18,20,22H,12-17,19,21H2,1-5H3,(H,42,43). The molecule has 1 saturated heterocycles. The lowest BCUT2D eigenvalue weighted by molar-refractivity contribution is -0.136.